The van der Waals surface area contributed by atoms with Crippen LogP contribution in [0.2, 0.25) is 0 Å². The Hall–Kier alpha value is -4.29. The molecule has 6 heteroatoms. The van der Waals surface area contributed by atoms with Crippen LogP contribution in [0.5, 0.6) is 0 Å². The van der Waals surface area contributed by atoms with Crippen LogP contribution in [-0.4, -0.2) is 38.3 Å². The number of nitrogens with zero attached hydrogens (tertiary/aromatic N) is 3. The van der Waals surface area contributed by atoms with E-state index in [1.54, 1.807) is 0 Å². The molecule has 1 N–H and O–H groups in total. The summed E-state index contributed by atoms with van der Waals surface area (Å²) in [5.74, 6) is 0.528. The molecule has 1 amide bonds. The molecule has 4 aromatic rings. The molecule has 1 fully saturated rings. The largest absolute Gasteiger partial charge is 0.378 e. The molecule has 1 saturated heterocycles. The number of amidine groups is 1. The molecule has 0 aliphatic carbocycles. The van der Waals surface area contributed by atoms with Crippen LogP contribution in [-0.2, 0) is 4.79 Å². The van der Waals surface area contributed by atoms with Gasteiger partial charge in [0.25, 0.3) is 5.91 Å². The van der Waals surface area contributed by atoms with Gasteiger partial charge in [-0.15, -0.1) is 0 Å². The summed E-state index contributed by atoms with van der Waals surface area (Å²) in [4.78, 5) is 23.3. The van der Waals surface area contributed by atoms with Crippen LogP contribution in [0.4, 0.5) is 17.1 Å². The lowest BCUT2D eigenvalue weighted by Gasteiger charge is -2.43. The second-order valence-corrected chi connectivity index (χ2v) is 12.5. The first kappa shape index (κ1) is 26.6. The average molecular weight is 571 g/mol. The standard InChI is InChI=1S/C36H34N4OS/c1-39(2)28-15-13-24(14-16-28)21-33-35(41)38-36(42-33)37-27-22-31-29(25-9-5-3-6-10-25)17-19-40-20-18-30(32(23-27)34(31)40)26-11-7-4-8-12-26/h3-16,21-23,29-30H,17-20H2,1-2H3,(H,37,38,41)/b33-21-/t29-,30-/m0/s1. The summed E-state index contributed by atoms with van der Waals surface area (Å²) < 4.78 is 0. The first-order chi connectivity index (χ1) is 20.5. The fourth-order valence-electron chi connectivity index (χ4n) is 6.52. The van der Waals surface area contributed by atoms with Crippen LogP contribution in [0.25, 0.3) is 6.08 Å². The Kier molecular flexibility index (Phi) is 7.08. The minimum atomic E-state index is -0.106. The SMILES string of the molecule is CN(C)c1ccc(/C=C2\SC(=Nc3cc4c5c(c3)[C@H](c3ccccc3)CCN5CC[C@H]4c3ccccc3)NC2=O)cc1. The Bertz CT molecular complexity index is 1610. The molecule has 0 unspecified atom stereocenters. The van der Waals surface area contributed by atoms with Crippen molar-refractivity contribution in [3.63, 3.8) is 0 Å². The molecule has 210 valence electrons. The highest BCUT2D eigenvalue weighted by atomic mass is 32.2. The van der Waals surface area contributed by atoms with Crippen molar-refractivity contribution in [1.29, 1.82) is 0 Å². The van der Waals surface area contributed by atoms with Gasteiger partial charge in [-0.3, -0.25) is 4.79 Å². The number of anilines is 2. The summed E-state index contributed by atoms with van der Waals surface area (Å²) in [6.07, 6.45) is 4.10. The maximum absolute atomic E-state index is 12.9. The number of thioether (sulfide) groups is 1. The van der Waals surface area contributed by atoms with E-state index >= 15 is 0 Å². The zero-order chi connectivity index (χ0) is 28.6. The summed E-state index contributed by atoms with van der Waals surface area (Å²) in [5, 5.41) is 3.64. The van der Waals surface area contributed by atoms with Crippen molar-refractivity contribution in [2.24, 2.45) is 4.99 Å². The van der Waals surface area contributed by atoms with Crippen molar-refractivity contribution in [3.05, 3.63) is 130 Å². The lowest BCUT2D eigenvalue weighted by molar-refractivity contribution is -0.115. The Morgan fingerprint density at radius 3 is 1.95 bits per heavy atom. The molecule has 0 radical (unpaired) electrons. The van der Waals surface area contributed by atoms with Gasteiger partial charge in [0.05, 0.1) is 10.6 Å². The number of hydrogen-bond donors (Lipinski definition) is 1. The zero-order valence-electron chi connectivity index (χ0n) is 24.0. The maximum Gasteiger partial charge on any atom is 0.264 e. The molecule has 42 heavy (non-hydrogen) atoms. The van der Waals surface area contributed by atoms with Crippen LogP contribution in [0.15, 0.2) is 107 Å². The van der Waals surface area contributed by atoms with Gasteiger partial charge in [0.15, 0.2) is 5.17 Å². The summed E-state index contributed by atoms with van der Waals surface area (Å²) in [7, 11) is 4.04. The number of nitrogens with one attached hydrogen (secondary N) is 1. The van der Waals surface area contributed by atoms with Gasteiger partial charge in [0.2, 0.25) is 0 Å². The van der Waals surface area contributed by atoms with Gasteiger partial charge < -0.3 is 15.1 Å². The first-order valence-corrected chi connectivity index (χ1v) is 15.4. The predicted octanol–water partition coefficient (Wildman–Crippen LogP) is 7.52. The van der Waals surface area contributed by atoms with Crippen molar-refractivity contribution in [2.45, 2.75) is 24.7 Å². The molecule has 0 aromatic heterocycles. The van der Waals surface area contributed by atoms with Crippen LogP contribution in [0.1, 0.15) is 52.5 Å². The van der Waals surface area contributed by atoms with Gasteiger partial charge in [0, 0.05) is 50.4 Å². The Labute approximate surface area is 252 Å². The monoisotopic (exact) mass is 570 g/mol. The summed E-state index contributed by atoms with van der Waals surface area (Å²) in [6, 6.07) is 34.4. The van der Waals surface area contributed by atoms with Crippen molar-refractivity contribution < 1.29 is 4.79 Å². The predicted molar refractivity (Wildman–Crippen MR) is 176 cm³/mol. The lowest BCUT2D eigenvalue weighted by Crippen LogP contribution is -2.37. The minimum absolute atomic E-state index is 0.106. The molecule has 5 nitrogen and oxygen atoms in total. The van der Waals surface area contributed by atoms with Crippen molar-refractivity contribution in [1.82, 2.24) is 5.32 Å². The number of carbonyl (C=O) groups is 1. The van der Waals surface area contributed by atoms with Gasteiger partial charge >= 0.3 is 0 Å². The quantitative estimate of drug-likeness (QED) is 0.252. The van der Waals surface area contributed by atoms with E-state index in [0.29, 0.717) is 21.9 Å². The second-order valence-electron chi connectivity index (χ2n) is 11.4. The van der Waals surface area contributed by atoms with E-state index in [0.717, 1.165) is 42.9 Å². The number of amides is 1. The van der Waals surface area contributed by atoms with Crippen molar-refractivity contribution in [2.75, 3.05) is 37.0 Å². The third-order valence-electron chi connectivity index (χ3n) is 8.59. The second kappa shape index (κ2) is 11.2. The Morgan fingerprint density at radius 1 is 0.833 bits per heavy atom. The van der Waals surface area contributed by atoms with Crippen molar-refractivity contribution in [3.8, 4) is 0 Å². The van der Waals surface area contributed by atoms with Crippen LogP contribution in [0, 0.1) is 0 Å². The molecular formula is C36H34N4OS. The zero-order valence-corrected chi connectivity index (χ0v) is 24.8. The number of hydrogen-bond acceptors (Lipinski definition) is 5. The number of benzene rings is 4. The number of rotatable bonds is 5. The highest BCUT2D eigenvalue weighted by Crippen LogP contribution is 2.50. The third-order valence-corrected chi connectivity index (χ3v) is 9.50. The normalized spacial score (nSPS) is 21.4. The highest BCUT2D eigenvalue weighted by molar-refractivity contribution is 8.18. The summed E-state index contributed by atoms with van der Waals surface area (Å²) in [6.45, 7) is 2.12. The summed E-state index contributed by atoms with van der Waals surface area (Å²) >= 11 is 1.41. The molecule has 4 aromatic carbocycles. The molecule has 0 spiro atoms. The van der Waals surface area contributed by atoms with E-state index in [9.17, 15) is 4.79 Å². The topological polar surface area (TPSA) is 47.9 Å². The van der Waals surface area contributed by atoms with Crippen LogP contribution < -0.4 is 15.1 Å². The fraction of sp³-hybridized carbons (Fsp3) is 0.222. The van der Waals surface area contributed by atoms with Gasteiger partial charge in [-0.1, -0.05) is 72.8 Å². The Balaban J connectivity index is 1.28. The number of carbonyl (C=O) groups excluding carboxylic acids is 1. The van der Waals surface area contributed by atoms with E-state index in [1.165, 1.54) is 39.7 Å². The highest BCUT2D eigenvalue weighted by Gasteiger charge is 2.35. The fourth-order valence-corrected chi connectivity index (χ4v) is 7.36. The summed E-state index contributed by atoms with van der Waals surface area (Å²) in [5.41, 5.74) is 9.78. The number of aliphatic imine (C=N–C) groups is 1. The molecule has 3 aliphatic rings. The minimum Gasteiger partial charge on any atom is -0.378 e. The van der Waals surface area contributed by atoms with E-state index in [2.05, 4.69) is 100 Å². The van der Waals surface area contributed by atoms with E-state index < -0.39 is 0 Å². The van der Waals surface area contributed by atoms with Gasteiger partial charge in [0.1, 0.15) is 0 Å². The molecule has 3 aliphatic heterocycles. The van der Waals surface area contributed by atoms with Gasteiger partial charge in [-0.25, -0.2) is 4.99 Å². The van der Waals surface area contributed by atoms with E-state index in [1.807, 2.05) is 32.3 Å². The molecule has 0 saturated carbocycles. The van der Waals surface area contributed by atoms with Gasteiger partial charge in [-0.05, 0) is 82.8 Å². The third kappa shape index (κ3) is 5.12. The van der Waals surface area contributed by atoms with E-state index in [-0.39, 0.29) is 5.91 Å². The average Bonchev–Trinajstić information content (AvgIpc) is 3.36. The van der Waals surface area contributed by atoms with Gasteiger partial charge in [-0.2, -0.15) is 0 Å². The molecule has 3 heterocycles. The molecule has 0 bridgehead atoms. The maximum atomic E-state index is 12.9. The van der Waals surface area contributed by atoms with Crippen LogP contribution >= 0.6 is 11.8 Å². The van der Waals surface area contributed by atoms with E-state index in [4.69, 9.17) is 4.99 Å². The Morgan fingerprint density at radius 2 is 1.40 bits per heavy atom. The molecular weight excluding hydrogens is 536 g/mol. The lowest BCUT2D eigenvalue weighted by atomic mass is 9.76. The first-order valence-electron chi connectivity index (χ1n) is 14.6. The molecule has 2 atom stereocenters. The van der Waals surface area contributed by atoms with Crippen LogP contribution in [0.3, 0.4) is 0 Å². The smallest absolute Gasteiger partial charge is 0.264 e. The molecule has 7 rings (SSSR count). The van der Waals surface area contributed by atoms with Crippen molar-refractivity contribution >= 4 is 46.0 Å².